The Bertz CT molecular complexity index is 583. The molecule has 2 heterocycles. The molecule has 4 nitrogen and oxygen atoms in total. The zero-order valence-corrected chi connectivity index (χ0v) is 14.1. The SMILES string of the molecule is COC(=O)CCCCCNc1nc(-c2ccc(Cl)s2)cs1. The summed E-state index contributed by atoms with van der Waals surface area (Å²) in [5.41, 5.74) is 0.963. The Morgan fingerprint density at radius 3 is 2.95 bits per heavy atom. The van der Waals surface area contributed by atoms with Gasteiger partial charge in [-0.25, -0.2) is 4.98 Å². The Kier molecular flexibility index (Phi) is 6.48. The summed E-state index contributed by atoms with van der Waals surface area (Å²) in [6, 6.07) is 3.87. The minimum atomic E-state index is -0.137. The fraction of sp³-hybridized carbons (Fsp3) is 0.429. The van der Waals surface area contributed by atoms with Gasteiger partial charge in [0.25, 0.3) is 0 Å². The van der Waals surface area contributed by atoms with Crippen LogP contribution in [-0.4, -0.2) is 24.6 Å². The van der Waals surface area contributed by atoms with Crippen LogP contribution in [0.15, 0.2) is 17.5 Å². The van der Waals surface area contributed by atoms with Crippen LogP contribution in [0.3, 0.4) is 0 Å². The number of thiophene rings is 1. The fourth-order valence-corrected chi connectivity index (χ4v) is 3.61. The Balaban J connectivity index is 1.68. The molecule has 2 aromatic heterocycles. The Labute approximate surface area is 137 Å². The van der Waals surface area contributed by atoms with Crippen molar-refractivity contribution in [1.82, 2.24) is 4.98 Å². The van der Waals surface area contributed by atoms with Gasteiger partial charge in [0, 0.05) is 18.3 Å². The number of unbranched alkanes of at least 4 members (excludes halogenated alkanes) is 2. The number of methoxy groups -OCH3 is 1. The Morgan fingerprint density at radius 2 is 2.24 bits per heavy atom. The molecule has 0 amide bonds. The molecule has 0 aliphatic carbocycles. The van der Waals surface area contributed by atoms with E-state index in [0.717, 1.165) is 45.8 Å². The standard InChI is InChI=1S/C14H17ClN2O2S2/c1-19-13(18)5-3-2-4-8-16-14-17-10(9-20-14)11-6-7-12(15)21-11/h6-7,9H,2-5,8H2,1H3,(H,16,17). The largest absolute Gasteiger partial charge is 0.469 e. The second-order valence-electron chi connectivity index (χ2n) is 4.46. The number of anilines is 1. The van der Waals surface area contributed by atoms with Crippen molar-refractivity contribution in [3.8, 4) is 10.6 Å². The number of ether oxygens (including phenoxy) is 1. The highest BCUT2D eigenvalue weighted by Gasteiger charge is 2.06. The third kappa shape index (κ3) is 5.30. The fourth-order valence-electron chi connectivity index (χ4n) is 1.79. The molecule has 0 saturated carbocycles. The van der Waals surface area contributed by atoms with E-state index in [1.807, 2.05) is 17.5 Å². The third-order valence-corrected chi connectivity index (χ3v) is 4.95. The molecule has 0 radical (unpaired) electrons. The van der Waals surface area contributed by atoms with E-state index in [1.54, 1.807) is 11.3 Å². The lowest BCUT2D eigenvalue weighted by Crippen LogP contribution is -2.03. The molecule has 114 valence electrons. The molecule has 0 aliphatic rings. The monoisotopic (exact) mass is 344 g/mol. The third-order valence-electron chi connectivity index (χ3n) is 2.89. The minimum Gasteiger partial charge on any atom is -0.469 e. The van der Waals surface area contributed by atoms with Crippen LogP contribution in [0, 0.1) is 0 Å². The zero-order valence-electron chi connectivity index (χ0n) is 11.7. The molecular formula is C14H17ClN2O2S2. The number of nitrogens with zero attached hydrogens (tertiary/aromatic N) is 1. The van der Waals surface area contributed by atoms with Gasteiger partial charge in [0.1, 0.15) is 0 Å². The maximum atomic E-state index is 11.0. The van der Waals surface area contributed by atoms with Crippen LogP contribution >= 0.6 is 34.3 Å². The van der Waals surface area contributed by atoms with Gasteiger partial charge >= 0.3 is 5.97 Å². The number of thiazole rings is 1. The van der Waals surface area contributed by atoms with Gasteiger partial charge in [-0.1, -0.05) is 18.0 Å². The van der Waals surface area contributed by atoms with Crippen LogP contribution in [0.25, 0.3) is 10.6 Å². The van der Waals surface area contributed by atoms with Crippen molar-refractivity contribution in [2.45, 2.75) is 25.7 Å². The number of nitrogens with one attached hydrogen (secondary N) is 1. The van der Waals surface area contributed by atoms with E-state index < -0.39 is 0 Å². The molecule has 7 heteroatoms. The lowest BCUT2D eigenvalue weighted by Gasteiger charge is -2.02. The van der Waals surface area contributed by atoms with Crippen molar-refractivity contribution in [3.63, 3.8) is 0 Å². The summed E-state index contributed by atoms with van der Waals surface area (Å²) in [7, 11) is 1.42. The van der Waals surface area contributed by atoms with Crippen molar-refractivity contribution in [2.24, 2.45) is 0 Å². The minimum absolute atomic E-state index is 0.137. The Hall–Kier alpha value is -1.11. The van der Waals surface area contributed by atoms with E-state index in [0.29, 0.717) is 6.42 Å². The molecule has 0 spiro atoms. The van der Waals surface area contributed by atoms with E-state index in [2.05, 4.69) is 15.0 Å². The number of hydrogen-bond acceptors (Lipinski definition) is 6. The summed E-state index contributed by atoms with van der Waals surface area (Å²) in [6.07, 6.45) is 3.37. The first-order valence-electron chi connectivity index (χ1n) is 6.71. The molecule has 2 rings (SSSR count). The van der Waals surface area contributed by atoms with Gasteiger partial charge in [0.2, 0.25) is 0 Å². The molecule has 0 saturated heterocycles. The first kappa shape index (κ1) is 16.3. The Morgan fingerprint density at radius 1 is 1.38 bits per heavy atom. The first-order chi connectivity index (χ1) is 10.2. The molecule has 1 N–H and O–H groups in total. The average Bonchev–Trinajstić information content (AvgIpc) is 3.11. The average molecular weight is 345 g/mol. The zero-order chi connectivity index (χ0) is 15.1. The smallest absolute Gasteiger partial charge is 0.305 e. The summed E-state index contributed by atoms with van der Waals surface area (Å²) < 4.78 is 5.38. The van der Waals surface area contributed by atoms with Crippen molar-refractivity contribution in [1.29, 1.82) is 0 Å². The first-order valence-corrected chi connectivity index (χ1v) is 8.78. The topological polar surface area (TPSA) is 51.2 Å². The van der Waals surface area contributed by atoms with Crippen LogP contribution in [0.5, 0.6) is 0 Å². The van der Waals surface area contributed by atoms with Crippen molar-refractivity contribution in [2.75, 3.05) is 19.0 Å². The number of aromatic nitrogens is 1. The van der Waals surface area contributed by atoms with Gasteiger partial charge in [0.15, 0.2) is 5.13 Å². The quantitative estimate of drug-likeness (QED) is 0.558. The summed E-state index contributed by atoms with van der Waals surface area (Å²) in [4.78, 5) is 16.6. The van der Waals surface area contributed by atoms with E-state index in [-0.39, 0.29) is 5.97 Å². The van der Waals surface area contributed by atoms with Crippen molar-refractivity contribution >= 4 is 45.4 Å². The van der Waals surface area contributed by atoms with Crippen LogP contribution in [0.1, 0.15) is 25.7 Å². The molecule has 21 heavy (non-hydrogen) atoms. The maximum Gasteiger partial charge on any atom is 0.305 e. The molecule has 0 aromatic carbocycles. The van der Waals surface area contributed by atoms with Crippen LogP contribution in [0.4, 0.5) is 5.13 Å². The summed E-state index contributed by atoms with van der Waals surface area (Å²) >= 11 is 9.05. The molecule has 0 unspecified atom stereocenters. The normalized spacial score (nSPS) is 10.6. The molecular weight excluding hydrogens is 328 g/mol. The molecule has 0 aliphatic heterocycles. The number of halogens is 1. The van der Waals surface area contributed by atoms with Crippen LogP contribution < -0.4 is 5.32 Å². The van der Waals surface area contributed by atoms with E-state index in [4.69, 9.17) is 11.6 Å². The molecule has 0 bridgehead atoms. The van der Waals surface area contributed by atoms with Gasteiger partial charge in [0.05, 0.1) is 22.0 Å². The highest BCUT2D eigenvalue weighted by molar-refractivity contribution is 7.20. The van der Waals surface area contributed by atoms with Gasteiger partial charge in [-0.15, -0.1) is 22.7 Å². The number of hydrogen-bond donors (Lipinski definition) is 1. The highest BCUT2D eigenvalue weighted by atomic mass is 35.5. The number of esters is 1. The van der Waals surface area contributed by atoms with Gasteiger partial charge in [-0.05, 0) is 25.0 Å². The van der Waals surface area contributed by atoms with Gasteiger partial charge in [-0.3, -0.25) is 4.79 Å². The second-order valence-corrected chi connectivity index (χ2v) is 7.03. The van der Waals surface area contributed by atoms with Gasteiger partial charge in [-0.2, -0.15) is 0 Å². The summed E-state index contributed by atoms with van der Waals surface area (Å²) in [6.45, 7) is 0.860. The van der Waals surface area contributed by atoms with E-state index in [9.17, 15) is 4.79 Å². The number of carbonyl (C=O) groups is 1. The van der Waals surface area contributed by atoms with Crippen LogP contribution in [0.2, 0.25) is 4.34 Å². The van der Waals surface area contributed by atoms with E-state index >= 15 is 0 Å². The van der Waals surface area contributed by atoms with Gasteiger partial charge < -0.3 is 10.1 Å². The number of carbonyl (C=O) groups excluding carboxylic acids is 1. The number of rotatable bonds is 8. The maximum absolute atomic E-state index is 11.0. The van der Waals surface area contributed by atoms with Crippen molar-refractivity contribution in [3.05, 3.63) is 21.8 Å². The molecule has 0 atom stereocenters. The van der Waals surface area contributed by atoms with Crippen LogP contribution in [-0.2, 0) is 9.53 Å². The molecule has 2 aromatic rings. The molecule has 0 fully saturated rings. The van der Waals surface area contributed by atoms with Crippen molar-refractivity contribution < 1.29 is 9.53 Å². The summed E-state index contributed by atoms with van der Waals surface area (Å²) in [5, 5.41) is 6.26. The highest BCUT2D eigenvalue weighted by Crippen LogP contribution is 2.32. The second kappa shape index (κ2) is 8.36. The lowest BCUT2D eigenvalue weighted by atomic mass is 10.2. The van der Waals surface area contributed by atoms with E-state index in [1.165, 1.54) is 18.4 Å². The summed E-state index contributed by atoms with van der Waals surface area (Å²) in [5.74, 6) is -0.137. The predicted molar refractivity (Wildman–Crippen MR) is 89.4 cm³/mol. The predicted octanol–water partition coefficient (Wildman–Crippen LogP) is 4.67. The lowest BCUT2D eigenvalue weighted by molar-refractivity contribution is -0.140.